The van der Waals surface area contributed by atoms with Gasteiger partial charge in [-0.1, -0.05) is 11.3 Å². The molecule has 6 nitrogen and oxygen atoms in total. The number of likely N-dealkylation sites (tertiary alicyclic amines) is 1. The first-order valence-corrected chi connectivity index (χ1v) is 8.63. The molecule has 3 aliphatic heterocycles. The maximum atomic E-state index is 12.7. The van der Waals surface area contributed by atoms with Crippen molar-refractivity contribution in [2.45, 2.75) is 24.5 Å². The van der Waals surface area contributed by atoms with Crippen LogP contribution in [0.3, 0.4) is 0 Å². The molecule has 1 spiro atoms. The zero-order valence-electron chi connectivity index (χ0n) is 13.0. The van der Waals surface area contributed by atoms with Gasteiger partial charge in [0.15, 0.2) is 5.13 Å². The molecule has 3 aliphatic rings. The molecule has 3 fully saturated rings. The van der Waals surface area contributed by atoms with Crippen LogP contribution >= 0.6 is 11.3 Å². The van der Waals surface area contributed by atoms with E-state index in [0.29, 0.717) is 34.5 Å². The Bertz CT molecular complexity index is 604. The van der Waals surface area contributed by atoms with Crippen LogP contribution in [0.4, 0.5) is 5.13 Å². The smallest absolute Gasteiger partial charge is 0.265 e. The molecule has 22 heavy (non-hydrogen) atoms. The number of nitrogen functional groups attached to an aromatic ring is 1. The number of fused-ring (bicyclic) bond motifs is 1. The third-order valence-corrected chi connectivity index (χ3v) is 6.20. The summed E-state index contributed by atoms with van der Waals surface area (Å²) in [5.41, 5.74) is 5.55. The molecule has 0 saturated carbocycles. The Morgan fingerprint density at radius 3 is 3.14 bits per heavy atom. The Hall–Kier alpha value is -1.18. The van der Waals surface area contributed by atoms with Gasteiger partial charge in [0.25, 0.3) is 5.91 Å². The number of carbonyl (C=O) groups is 1. The SMILES string of the molecule is CN(C)C[C@H]1[C@@H]2CC[C@@]3(CN(C(=O)c4cnc(N)s4)C[C@@H]13)O2. The molecule has 7 heteroatoms. The van der Waals surface area contributed by atoms with Crippen molar-refractivity contribution >= 4 is 22.4 Å². The van der Waals surface area contributed by atoms with Gasteiger partial charge in [-0.25, -0.2) is 4.98 Å². The van der Waals surface area contributed by atoms with Crippen LogP contribution in [-0.4, -0.2) is 66.1 Å². The number of ether oxygens (including phenoxy) is 1. The number of hydrogen-bond acceptors (Lipinski definition) is 6. The molecule has 0 radical (unpaired) electrons. The highest BCUT2D eigenvalue weighted by atomic mass is 32.1. The normalized spacial score (nSPS) is 36.3. The third kappa shape index (κ3) is 2.06. The van der Waals surface area contributed by atoms with Crippen molar-refractivity contribution in [3.63, 3.8) is 0 Å². The first-order chi connectivity index (χ1) is 10.5. The summed E-state index contributed by atoms with van der Waals surface area (Å²) in [6, 6.07) is 0. The van der Waals surface area contributed by atoms with Gasteiger partial charge in [-0.3, -0.25) is 4.79 Å². The van der Waals surface area contributed by atoms with E-state index >= 15 is 0 Å². The minimum absolute atomic E-state index is 0.0497. The minimum Gasteiger partial charge on any atom is -0.375 e. The molecule has 1 aromatic rings. The summed E-state index contributed by atoms with van der Waals surface area (Å²) >= 11 is 1.27. The van der Waals surface area contributed by atoms with Gasteiger partial charge in [0.1, 0.15) is 4.88 Å². The molecule has 1 aromatic heterocycles. The Morgan fingerprint density at radius 2 is 2.45 bits per heavy atom. The van der Waals surface area contributed by atoms with Gasteiger partial charge in [-0.05, 0) is 26.9 Å². The highest BCUT2D eigenvalue weighted by Crippen LogP contribution is 2.55. The lowest BCUT2D eigenvalue weighted by atomic mass is 9.73. The first kappa shape index (κ1) is 14.4. The van der Waals surface area contributed by atoms with Gasteiger partial charge in [-0.2, -0.15) is 0 Å². The molecule has 120 valence electrons. The molecule has 0 aliphatic carbocycles. The molecule has 2 N–H and O–H groups in total. The van der Waals surface area contributed by atoms with Crippen LogP contribution < -0.4 is 5.73 Å². The summed E-state index contributed by atoms with van der Waals surface area (Å²) in [5, 5.41) is 0.448. The Morgan fingerprint density at radius 1 is 1.64 bits per heavy atom. The fraction of sp³-hybridized carbons (Fsp3) is 0.733. The average Bonchev–Trinajstić information content (AvgIpc) is 3.18. The summed E-state index contributed by atoms with van der Waals surface area (Å²) in [5.74, 6) is 1.05. The number of rotatable bonds is 3. The zero-order chi connectivity index (χ0) is 15.5. The van der Waals surface area contributed by atoms with Crippen LogP contribution in [0, 0.1) is 11.8 Å². The highest BCUT2D eigenvalue weighted by molar-refractivity contribution is 7.17. The highest BCUT2D eigenvalue weighted by Gasteiger charge is 2.63. The summed E-state index contributed by atoms with van der Waals surface area (Å²) in [6.07, 6.45) is 4.18. The standard InChI is InChI=1S/C15H22N4O2S/c1-18(2)6-9-10-7-19(8-15(10)4-3-11(9)21-15)13(20)12-5-17-14(16)22-12/h5,9-11H,3-4,6-8H2,1-2H3,(H2,16,17)/t9-,10+,11+,15+/m1/s1. The maximum Gasteiger partial charge on any atom is 0.265 e. The van der Waals surface area contributed by atoms with Crippen LogP contribution in [0.5, 0.6) is 0 Å². The fourth-order valence-corrected chi connectivity index (χ4v) is 5.21. The number of nitrogens with two attached hydrogens (primary N) is 1. The van der Waals surface area contributed by atoms with Gasteiger partial charge in [0.2, 0.25) is 0 Å². The van der Waals surface area contributed by atoms with E-state index in [9.17, 15) is 4.79 Å². The molecule has 1 amide bonds. The lowest BCUT2D eigenvalue weighted by Crippen LogP contribution is -2.40. The monoisotopic (exact) mass is 322 g/mol. The van der Waals surface area contributed by atoms with Crippen molar-refractivity contribution in [3.8, 4) is 0 Å². The van der Waals surface area contributed by atoms with Crippen molar-refractivity contribution in [2.24, 2.45) is 11.8 Å². The van der Waals surface area contributed by atoms with Crippen molar-refractivity contribution in [1.29, 1.82) is 0 Å². The summed E-state index contributed by atoms with van der Waals surface area (Å²) < 4.78 is 6.36. The van der Waals surface area contributed by atoms with E-state index in [1.165, 1.54) is 11.3 Å². The predicted octanol–water partition coefficient (Wildman–Crippen LogP) is 0.906. The van der Waals surface area contributed by atoms with Crippen molar-refractivity contribution in [3.05, 3.63) is 11.1 Å². The Labute approximate surface area is 134 Å². The van der Waals surface area contributed by atoms with E-state index < -0.39 is 0 Å². The Balaban J connectivity index is 1.54. The van der Waals surface area contributed by atoms with Gasteiger partial charge < -0.3 is 20.3 Å². The molecule has 0 aromatic carbocycles. The van der Waals surface area contributed by atoms with Crippen LogP contribution in [0.15, 0.2) is 6.20 Å². The van der Waals surface area contributed by atoms with E-state index in [1.54, 1.807) is 6.20 Å². The van der Waals surface area contributed by atoms with Crippen LogP contribution in [-0.2, 0) is 4.74 Å². The summed E-state index contributed by atoms with van der Waals surface area (Å²) in [7, 11) is 4.22. The maximum absolute atomic E-state index is 12.7. The lowest BCUT2D eigenvalue weighted by Gasteiger charge is -2.30. The summed E-state index contributed by atoms with van der Waals surface area (Å²) in [4.78, 5) is 21.5. The predicted molar refractivity (Wildman–Crippen MR) is 84.8 cm³/mol. The third-order valence-electron chi connectivity index (χ3n) is 5.38. The molecule has 4 rings (SSSR count). The molecular formula is C15H22N4O2S. The lowest BCUT2D eigenvalue weighted by molar-refractivity contribution is 0.00261. The number of amides is 1. The molecule has 3 saturated heterocycles. The minimum atomic E-state index is -0.1000. The Kier molecular flexibility index (Phi) is 3.22. The molecule has 0 unspecified atom stereocenters. The van der Waals surface area contributed by atoms with E-state index in [2.05, 4.69) is 24.0 Å². The number of nitrogens with zero attached hydrogens (tertiary/aromatic N) is 3. The van der Waals surface area contributed by atoms with Crippen molar-refractivity contribution < 1.29 is 9.53 Å². The molecule has 2 bridgehead atoms. The average molecular weight is 322 g/mol. The molecular weight excluding hydrogens is 300 g/mol. The second-order valence-corrected chi connectivity index (χ2v) is 8.10. The van der Waals surface area contributed by atoms with E-state index in [0.717, 1.165) is 25.9 Å². The fourth-order valence-electron chi connectivity index (χ4n) is 4.55. The van der Waals surface area contributed by atoms with Gasteiger partial charge >= 0.3 is 0 Å². The van der Waals surface area contributed by atoms with Crippen LogP contribution in [0.25, 0.3) is 0 Å². The van der Waals surface area contributed by atoms with Gasteiger partial charge in [-0.15, -0.1) is 0 Å². The largest absolute Gasteiger partial charge is 0.375 e. The van der Waals surface area contributed by atoms with Gasteiger partial charge in [0, 0.05) is 24.9 Å². The molecule has 4 atom stereocenters. The van der Waals surface area contributed by atoms with Crippen LogP contribution in [0.1, 0.15) is 22.5 Å². The van der Waals surface area contributed by atoms with E-state index in [4.69, 9.17) is 10.5 Å². The zero-order valence-corrected chi connectivity index (χ0v) is 13.8. The first-order valence-electron chi connectivity index (χ1n) is 7.82. The number of anilines is 1. The number of hydrogen-bond donors (Lipinski definition) is 1. The van der Waals surface area contributed by atoms with E-state index in [-0.39, 0.29) is 11.5 Å². The quantitative estimate of drug-likeness (QED) is 0.895. The second-order valence-electron chi connectivity index (χ2n) is 7.04. The number of thiazole rings is 1. The topological polar surface area (TPSA) is 71.7 Å². The second kappa shape index (κ2) is 4.91. The van der Waals surface area contributed by atoms with Crippen LogP contribution in [0.2, 0.25) is 0 Å². The van der Waals surface area contributed by atoms with Gasteiger partial charge in [0.05, 0.1) is 24.4 Å². The summed E-state index contributed by atoms with van der Waals surface area (Å²) in [6.45, 7) is 2.55. The molecule has 4 heterocycles. The number of carbonyl (C=O) groups excluding carboxylic acids is 1. The van der Waals surface area contributed by atoms with Crippen molar-refractivity contribution in [2.75, 3.05) is 39.5 Å². The van der Waals surface area contributed by atoms with E-state index in [1.807, 2.05) is 4.90 Å². The van der Waals surface area contributed by atoms with Crippen molar-refractivity contribution in [1.82, 2.24) is 14.8 Å². The number of aromatic nitrogens is 1.